The Morgan fingerprint density at radius 1 is 1.44 bits per heavy atom. The summed E-state index contributed by atoms with van der Waals surface area (Å²) in [5, 5.41) is 10.7. The van der Waals surface area contributed by atoms with Crippen LogP contribution in [-0.2, 0) is 4.74 Å². The molecule has 2 unspecified atom stereocenters. The van der Waals surface area contributed by atoms with Crippen LogP contribution in [0, 0.1) is 0 Å². The van der Waals surface area contributed by atoms with Crippen molar-refractivity contribution in [2.45, 2.75) is 31.5 Å². The molecule has 0 saturated carbocycles. The predicted molar refractivity (Wildman–Crippen MR) is 64.4 cm³/mol. The summed E-state index contributed by atoms with van der Waals surface area (Å²) in [6.45, 7) is 0.711. The Kier molecular flexibility index (Phi) is 3.69. The van der Waals surface area contributed by atoms with E-state index in [9.17, 15) is 5.11 Å². The Labute approximate surface area is 100 Å². The Bertz CT molecular complexity index is 364. The molecular weight excluding hydrogens is 226 g/mol. The van der Waals surface area contributed by atoms with Crippen molar-refractivity contribution in [3.8, 4) is 0 Å². The largest absolute Gasteiger partial charge is 0.397 e. The first kappa shape index (κ1) is 11.7. The summed E-state index contributed by atoms with van der Waals surface area (Å²) in [5.74, 6) is 0. The van der Waals surface area contributed by atoms with Crippen molar-refractivity contribution < 1.29 is 9.84 Å². The van der Waals surface area contributed by atoms with E-state index in [1.165, 1.54) is 0 Å². The van der Waals surface area contributed by atoms with E-state index < -0.39 is 6.10 Å². The molecule has 0 aromatic heterocycles. The quantitative estimate of drug-likeness (QED) is 0.783. The molecule has 88 valence electrons. The molecular formula is C12H16ClNO2. The predicted octanol–water partition coefficient (Wildman–Crippen LogP) is 2.52. The van der Waals surface area contributed by atoms with Crippen LogP contribution >= 0.6 is 11.6 Å². The van der Waals surface area contributed by atoms with Gasteiger partial charge in [-0.05, 0) is 25.3 Å². The molecule has 4 heteroatoms. The second kappa shape index (κ2) is 5.04. The molecule has 1 saturated heterocycles. The van der Waals surface area contributed by atoms with E-state index in [-0.39, 0.29) is 6.10 Å². The molecule has 1 aromatic rings. The number of nitrogen functional groups attached to an aromatic ring is 1. The molecule has 0 aliphatic carbocycles. The molecule has 3 N–H and O–H groups in total. The van der Waals surface area contributed by atoms with Crippen molar-refractivity contribution in [3.05, 3.63) is 28.8 Å². The van der Waals surface area contributed by atoms with E-state index in [2.05, 4.69) is 0 Å². The molecule has 1 heterocycles. The van der Waals surface area contributed by atoms with Gasteiger partial charge in [0.1, 0.15) is 6.10 Å². The van der Waals surface area contributed by atoms with Gasteiger partial charge in [0.25, 0.3) is 0 Å². The molecule has 0 bridgehead atoms. The SMILES string of the molecule is Nc1c(Cl)cccc1C(O)C1CCCCO1. The van der Waals surface area contributed by atoms with Crippen molar-refractivity contribution in [2.75, 3.05) is 12.3 Å². The minimum absolute atomic E-state index is 0.158. The molecule has 1 aliphatic rings. The first-order valence-electron chi connectivity index (χ1n) is 5.53. The van der Waals surface area contributed by atoms with Gasteiger partial charge in [0.15, 0.2) is 0 Å². The van der Waals surface area contributed by atoms with Gasteiger partial charge in [-0.15, -0.1) is 0 Å². The smallest absolute Gasteiger partial charge is 0.107 e. The highest BCUT2D eigenvalue weighted by Gasteiger charge is 2.25. The maximum atomic E-state index is 10.2. The molecule has 3 nitrogen and oxygen atoms in total. The van der Waals surface area contributed by atoms with E-state index >= 15 is 0 Å². The Morgan fingerprint density at radius 2 is 2.25 bits per heavy atom. The highest BCUT2D eigenvalue weighted by molar-refractivity contribution is 6.33. The first-order chi connectivity index (χ1) is 7.70. The maximum Gasteiger partial charge on any atom is 0.107 e. The van der Waals surface area contributed by atoms with Gasteiger partial charge in [0.2, 0.25) is 0 Å². The van der Waals surface area contributed by atoms with Crippen LogP contribution in [0.4, 0.5) is 5.69 Å². The van der Waals surface area contributed by atoms with Crippen LogP contribution in [-0.4, -0.2) is 17.8 Å². The lowest BCUT2D eigenvalue weighted by atomic mass is 9.97. The number of hydrogen-bond donors (Lipinski definition) is 2. The van der Waals surface area contributed by atoms with E-state index in [4.69, 9.17) is 22.1 Å². The fraction of sp³-hybridized carbons (Fsp3) is 0.500. The summed E-state index contributed by atoms with van der Waals surface area (Å²) in [6, 6.07) is 5.30. The lowest BCUT2D eigenvalue weighted by Gasteiger charge is -2.28. The Balaban J connectivity index is 2.19. The number of hydrogen-bond acceptors (Lipinski definition) is 3. The zero-order valence-electron chi connectivity index (χ0n) is 9.03. The minimum atomic E-state index is -0.681. The summed E-state index contributed by atoms with van der Waals surface area (Å²) < 4.78 is 5.54. The van der Waals surface area contributed by atoms with Gasteiger partial charge in [-0.1, -0.05) is 23.7 Å². The van der Waals surface area contributed by atoms with E-state index in [1.807, 2.05) is 0 Å². The molecule has 1 aromatic carbocycles. The summed E-state index contributed by atoms with van der Waals surface area (Å²) in [5.41, 5.74) is 6.96. The number of anilines is 1. The van der Waals surface area contributed by atoms with Crippen LogP contribution in [0.3, 0.4) is 0 Å². The molecule has 2 rings (SSSR count). The van der Waals surface area contributed by atoms with Gasteiger partial charge < -0.3 is 15.6 Å². The molecule has 0 spiro atoms. The van der Waals surface area contributed by atoms with E-state index in [0.717, 1.165) is 19.3 Å². The number of ether oxygens (including phenoxy) is 1. The molecule has 1 aliphatic heterocycles. The third-order valence-electron chi connectivity index (χ3n) is 2.97. The van der Waals surface area contributed by atoms with Crippen LogP contribution in [0.5, 0.6) is 0 Å². The summed E-state index contributed by atoms with van der Waals surface area (Å²) >= 11 is 5.92. The average Bonchev–Trinajstić information content (AvgIpc) is 2.33. The average molecular weight is 242 g/mol. The van der Waals surface area contributed by atoms with Crippen LogP contribution < -0.4 is 5.73 Å². The number of para-hydroxylation sites is 1. The zero-order chi connectivity index (χ0) is 11.5. The normalized spacial score (nSPS) is 23.0. The van der Waals surface area contributed by atoms with Crippen molar-refractivity contribution in [1.82, 2.24) is 0 Å². The highest BCUT2D eigenvalue weighted by Crippen LogP contribution is 2.32. The summed E-state index contributed by atoms with van der Waals surface area (Å²) in [7, 11) is 0. The molecule has 2 atom stereocenters. The number of aliphatic hydroxyl groups is 1. The third kappa shape index (κ3) is 2.32. The second-order valence-corrected chi connectivity index (χ2v) is 4.50. The number of benzene rings is 1. The third-order valence-corrected chi connectivity index (χ3v) is 3.30. The fourth-order valence-electron chi connectivity index (χ4n) is 2.03. The van der Waals surface area contributed by atoms with E-state index in [0.29, 0.717) is 22.9 Å². The van der Waals surface area contributed by atoms with Crippen LogP contribution in [0.2, 0.25) is 5.02 Å². The van der Waals surface area contributed by atoms with Crippen LogP contribution in [0.15, 0.2) is 18.2 Å². The first-order valence-corrected chi connectivity index (χ1v) is 5.91. The zero-order valence-corrected chi connectivity index (χ0v) is 9.78. The topological polar surface area (TPSA) is 55.5 Å². The van der Waals surface area contributed by atoms with Gasteiger partial charge >= 0.3 is 0 Å². The number of nitrogens with two attached hydrogens (primary N) is 1. The Morgan fingerprint density at radius 3 is 2.94 bits per heavy atom. The van der Waals surface area contributed by atoms with Gasteiger partial charge in [-0.2, -0.15) is 0 Å². The van der Waals surface area contributed by atoms with Crippen molar-refractivity contribution in [2.24, 2.45) is 0 Å². The number of rotatable bonds is 2. The summed E-state index contributed by atoms with van der Waals surface area (Å²) in [6.07, 6.45) is 2.18. The summed E-state index contributed by atoms with van der Waals surface area (Å²) in [4.78, 5) is 0. The molecule has 16 heavy (non-hydrogen) atoms. The lowest BCUT2D eigenvalue weighted by molar-refractivity contribution is -0.0630. The molecule has 1 fully saturated rings. The van der Waals surface area contributed by atoms with Crippen LogP contribution in [0.25, 0.3) is 0 Å². The molecule has 0 radical (unpaired) electrons. The van der Waals surface area contributed by atoms with Crippen molar-refractivity contribution in [3.63, 3.8) is 0 Å². The number of aliphatic hydroxyl groups excluding tert-OH is 1. The van der Waals surface area contributed by atoms with Crippen molar-refractivity contribution >= 4 is 17.3 Å². The van der Waals surface area contributed by atoms with Gasteiger partial charge in [-0.25, -0.2) is 0 Å². The lowest BCUT2D eigenvalue weighted by Crippen LogP contribution is -2.26. The van der Waals surface area contributed by atoms with E-state index in [1.54, 1.807) is 18.2 Å². The second-order valence-electron chi connectivity index (χ2n) is 4.09. The standard InChI is InChI=1S/C12H16ClNO2/c13-9-5-3-4-8(11(9)14)12(15)10-6-1-2-7-16-10/h3-5,10,12,15H,1-2,6-7,14H2. The maximum absolute atomic E-state index is 10.2. The van der Waals surface area contributed by atoms with Gasteiger partial charge in [-0.3, -0.25) is 0 Å². The highest BCUT2D eigenvalue weighted by atomic mass is 35.5. The van der Waals surface area contributed by atoms with Crippen molar-refractivity contribution in [1.29, 1.82) is 0 Å². The fourth-order valence-corrected chi connectivity index (χ4v) is 2.21. The van der Waals surface area contributed by atoms with Crippen LogP contribution in [0.1, 0.15) is 30.9 Å². The van der Waals surface area contributed by atoms with Gasteiger partial charge in [0, 0.05) is 12.2 Å². The van der Waals surface area contributed by atoms with Gasteiger partial charge in [0.05, 0.1) is 16.8 Å². The monoisotopic (exact) mass is 241 g/mol. The molecule has 0 amide bonds. The minimum Gasteiger partial charge on any atom is -0.397 e. The number of halogens is 1. The Hall–Kier alpha value is -0.770.